The molecule has 0 radical (unpaired) electrons. The number of fused-ring (bicyclic) bond motifs is 1. The maximum absolute atomic E-state index is 14.6. The van der Waals surface area contributed by atoms with Gasteiger partial charge in [-0.2, -0.15) is 0 Å². The molecule has 6 aromatic carbocycles. The molecule has 3 aliphatic heterocycles. The van der Waals surface area contributed by atoms with Gasteiger partial charge < -0.3 is 61.0 Å². The van der Waals surface area contributed by atoms with Gasteiger partial charge >= 0.3 is 5.97 Å². The van der Waals surface area contributed by atoms with E-state index in [0.29, 0.717) is 74.5 Å². The van der Waals surface area contributed by atoms with Crippen LogP contribution in [0.15, 0.2) is 183 Å². The summed E-state index contributed by atoms with van der Waals surface area (Å²) in [5.41, 5.74) is 0.277. The average molecular weight is 1660 g/mol. The molecule has 2 amide bonds. The van der Waals surface area contributed by atoms with Crippen molar-refractivity contribution in [3.05, 3.63) is 232 Å². The number of hydrogen-bond donors (Lipinski definition) is 1. The Kier molecular flexibility index (Phi) is 25.2. The summed E-state index contributed by atoms with van der Waals surface area (Å²) in [5, 5.41) is 3.58. The lowest BCUT2D eigenvalue weighted by molar-refractivity contribution is -0.156. The van der Waals surface area contributed by atoms with Gasteiger partial charge in [0.15, 0.2) is 52.2 Å². The number of anilines is 2. The number of aryl methyl sites for hydroxylation is 1. The molecule has 13 rings (SSSR count). The molecule has 30 heteroatoms. The van der Waals surface area contributed by atoms with Gasteiger partial charge in [0.05, 0.1) is 45.6 Å². The summed E-state index contributed by atoms with van der Waals surface area (Å²) >= 11 is 22.0. The predicted molar refractivity (Wildman–Crippen MR) is 447 cm³/mol. The van der Waals surface area contributed by atoms with E-state index in [1.807, 2.05) is 120 Å². The van der Waals surface area contributed by atoms with E-state index < -0.39 is 99.0 Å². The quantitative estimate of drug-likeness (QED) is 0.0198. The molecular weight excluding hydrogens is 1570 g/mol. The Balaban J connectivity index is 0.965. The first-order valence-electron chi connectivity index (χ1n) is 37.5. The van der Waals surface area contributed by atoms with Crippen molar-refractivity contribution in [2.45, 2.75) is 171 Å². The lowest BCUT2D eigenvalue weighted by Gasteiger charge is -2.42. The number of nitrogens with one attached hydrogen (secondary N) is 1. The third-order valence-corrected chi connectivity index (χ3v) is 36.6. The number of imidazole rings is 1. The molecule has 0 bridgehead atoms. The number of carbonyl (C=O) groups is 4. The highest BCUT2D eigenvalue weighted by atomic mass is 35.5. The van der Waals surface area contributed by atoms with Crippen molar-refractivity contribution in [2.75, 3.05) is 44.2 Å². The molecule has 594 valence electrons. The van der Waals surface area contributed by atoms with Gasteiger partial charge in [0.1, 0.15) is 77.5 Å². The van der Waals surface area contributed by atoms with Crippen LogP contribution in [0.4, 0.5) is 11.6 Å². The molecular formula is C83H94Cl2N9O14PS2Si2. The zero-order valence-corrected chi connectivity index (χ0v) is 71.4. The minimum atomic E-state index is -4.05. The third-order valence-electron chi connectivity index (χ3n) is 21.9. The monoisotopic (exact) mass is 1660 g/mol. The summed E-state index contributed by atoms with van der Waals surface area (Å²) in [6, 6.07) is 48.5. The van der Waals surface area contributed by atoms with Crippen molar-refractivity contribution in [1.82, 2.24) is 34.1 Å². The van der Waals surface area contributed by atoms with E-state index in [1.54, 1.807) is 78.5 Å². The minimum absolute atomic E-state index is 0.0837. The number of ether oxygens (including phenoxy) is 6. The van der Waals surface area contributed by atoms with Crippen LogP contribution in [0.5, 0.6) is 11.5 Å². The van der Waals surface area contributed by atoms with Crippen molar-refractivity contribution < 1.29 is 65.5 Å². The van der Waals surface area contributed by atoms with Crippen LogP contribution in [0.3, 0.4) is 0 Å². The van der Waals surface area contributed by atoms with Crippen LogP contribution in [-0.2, 0) is 76.0 Å². The van der Waals surface area contributed by atoms with Crippen molar-refractivity contribution in [1.29, 1.82) is 0 Å². The Morgan fingerprint density at radius 3 is 1.81 bits per heavy atom. The molecule has 4 aromatic heterocycles. The summed E-state index contributed by atoms with van der Waals surface area (Å²) in [6.45, 7) is 22.6. The van der Waals surface area contributed by atoms with Gasteiger partial charge in [-0.25, -0.2) is 24.9 Å². The van der Waals surface area contributed by atoms with Crippen LogP contribution in [0.1, 0.15) is 129 Å². The van der Waals surface area contributed by atoms with Gasteiger partial charge in [0.25, 0.3) is 11.8 Å². The Labute approximate surface area is 679 Å². The number of aromatic nitrogens is 7. The molecule has 10 aromatic rings. The van der Waals surface area contributed by atoms with E-state index in [1.165, 1.54) is 31.0 Å². The third kappa shape index (κ3) is 17.8. The Hall–Kier alpha value is -8.10. The average Bonchev–Trinajstić information content (AvgIpc) is 1.68. The fourth-order valence-corrected chi connectivity index (χ4v) is 21.2. The van der Waals surface area contributed by atoms with Crippen LogP contribution in [0.25, 0.3) is 22.2 Å². The van der Waals surface area contributed by atoms with Crippen molar-refractivity contribution in [2.24, 2.45) is 0 Å². The summed E-state index contributed by atoms with van der Waals surface area (Å²) < 4.78 is 75.4. The van der Waals surface area contributed by atoms with E-state index in [9.17, 15) is 19.2 Å². The molecule has 1 N–H and O–H groups in total. The van der Waals surface area contributed by atoms with E-state index >= 15 is 0 Å². The number of rotatable bonds is 29. The molecule has 0 spiro atoms. The Morgan fingerprint density at radius 1 is 0.646 bits per heavy atom. The van der Waals surface area contributed by atoms with Gasteiger partial charge in [-0.05, 0) is 156 Å². The van der Waals surface area contributed by atoms with E-state index in [0.717, 1.165) is 22.3 Å². The van der Waals surface area contributed by atoms with Crippen LogP contribution < -0.4 is 19.7 Å². The predicted octanol–water partition coefficient (Wildman–Crippen LogP) is 17.9. The van der Waals surface area contributed by atoms with Crippen molar-refractivity contribution in [3.63, 3.8) is 0 Å². The maximum Gasteiger partial charge on any atom is 0.306 e. The van der Waals surface area contributed by atoms with Gasteiger partial charge in [-0.1, -0.05) is 173 Å². The number of methoxy groups -OCH3 is 2. The summed E-state index contributed by atoms with van der Waals surface area (Å²) in [6.07, 6.45) is -1.93. The summed E-state index contributed by atoms with van der Waals surface area (Å²) in [7, 11) is -2.68. The highest BCUT2D eigenvalue weighted by molar-refractivity contribution is 8.67. The SMILES string of the molecule is COc1ccc(C(OC[C@H]2O[C@@H](n3cnc4c(NC(=O)c5ccccc5)ncnc43)[C@H](OP(=S)(OC[C@H]3O[C@@H](n4cc5c6c(ncnc64)N(C(=O)c4ccccc4)CCC5)[C@H](O[Si](C)(C)C(C)(C)C)[C@@H]3OC(=O)CCC(C)=O)SCc3ccc(Cl)cc3Cl)[C@@H]2O[Si](C)(C)C(C)(C)C)(c2ccccc2)c2ccc(OC)cc2)cc1. The van der Waals surface area contributed by atoms with Gasteiger partial charge in [0, 0.05) is 46.1 Å². The van der Waals surface area contributed by atoms with Gasteiger partial charge in [-0.15, -0.1) is 0 Å². The highest BCUT2D eigenvalue weighted by Crippen LogP contribution is 2.66. The van der Waals surface area contributed by atoms with Crippen molar-refractivity contribution in [3.8, 4) is 11.5 Å². The zero-order chi connectivity index (χ0) is 80.4. The first-order chi connectivity index (χ1) is 53.9. The van der Waals surface area contributed by atoms with E-state index in [2.05, 4.69) is 78.0 Å². The molecule has 1 unspecified atom stereocenters. The maximum atomic E-state index is 14.6. The van der Waals surface area contributed by atoms with E-state index in [4.69, 9.17) is 101 Å². The second kappa shape index (κ2) is 34.4. The van der Waals surface area contributed by atoms with Crippen LogP contribution >= 0.6 is 40.3 Å². The van der Waals surface area contributed by atoms with Crippen LogP contribution in [0, 0.1) is 0 Å². The first kappa shape index (κ1) is 82.9. The number of benzene rings is 6. The zero-order valence-electron chi connectivity index (χ0n) is 65.4. The number of esters is 1. The number of nitrogens with zero attached hydrogens (tertiary/aromatic N) is 8. The topological polar surface area (TPSA) is 250 Å². The highest BCUT2D eigenvalue weighted by Gasteiger charge is 2.57. The standard InChI is InChI=1S/C83H94Cl2N9O14PS2Si2/c1-52(95)31-42-66(96)105-69-65(104-80(72(69)108-113(12,13)82(5,6)7)93-45-55-28-23-43-92(74-67(55)75(93)88-50-87-74)78(98)54-26-19-15-20-27-54)47-102-109(110,111-48-56-32-37-60(84)44-63(56)85)106-71-70(107-112(10,11)81(2,3)4)64(103-79(71)94-51-90-68-73(86-49-89-76(68)94)91-77(97)53-24-17-14-18-25-53)46-101-83(57-29-21-16-22-30-57,58-33-38-61(99-8)39-34-58)59-35-40-62(100-9)41-36-59/h14-22,24-27,29-30,32-41,44-45,49-51,64-65,69-72,79-80H,23,28,31,42-43,46-48H2,1-13H3,(H,86,89,91,97)/t64-,65-,69-,70-,71-,72-,79-,80-,109?/m1/s1. The molecule has 3 aliphatic rings. The number of carbonyl (C=O) groups excluding carboxylic acids is 4. The fourth-order valence-electron chi connectivity index (χ4n) is 13.8. The molecule has 0 aliphatic carbocycles. The molecule has 0 saturated carbocycles. The van der Waals surface area contributed by atoms with E-state index in [-0.39, 0.29) is 60.5 Å². The fraction of sp³-hybridized carbons (Fsp3) is 0.386. The van der Waals surface area contributed by atoms with Gasteiger partial charge in [-0.3, -0.25) is 23.9 Å². The number of amides is 2. The minimum Gasteiger partial charge on any atom is -0.497 e. The Morgan fingerprint density at radius 2 is 1.21 bits per heavy atom. The number of halogens is 2. The summed E-state index contributed by atoms with van der Waals surface area (Å²) in [4.78, 5) is 81.7. The van der Waals surface area contributed by atoms with Crippen LogP contribution in [0.2, 0.25) is 46.3 Å². The molecule has 113 heavy (non-hydrogen) atoms. The molecule has 9 atom stereocenters. The lowest BCUT2D eigenvalue weighted by Crippen LogP contribution is -2.50. The second-order valence-electron chi connectivity index (χ2n) is 31.4. The van der Waals surface area contributed by atoms with Crippen molar-refractivity contribution >= 4 is 126 Å². The molecule has 2 fully saturated rings. The number of hydrogen-bond acceptors (Lipinski definition) is 21. The largest absolute Gasteiger partial charge is 0.497 e. The number of Topliss-reactive ketones (excluding diaryl/α,β-unsaturated/α-hetero) is 1. The summed E-state index contributed by atoms with van der Waals surface area (Å²) in [5.74, 6) is 0.454. The smallest absolute Gasteiger partial charge is 0.306 e. The number of ketones is 1. The Bertz CT molecular complexity index is 5080. The lowest BCUT2D eigenvalue weighted by atomic mass is 9.80. The molecule has 2 saturated heterocycles. The van der Waals surface area contributed by atoms with Crippen LogP contribution in [-0.4, -0.2) is 145 Å². The molecule has 23 nitrogen and oxygen atoms in total. The first-order valence-corrected chi connectivity index (χ1v) is 48.3. The molecule has 7 heterocycles. The second-order valence-corrected chi connectivity index (χ2v) is 48.0. The van der Waals surface area contributed by atoms with Gasteiger partial charge in [0.2, 0.25) is 5.69 Å². The normalized spacial score (nSPS) is 20.1.